The molecule has 132 valence electrons. The Hall–Kier alpha value is -2.80. The van der Waals surface area contributed by atoms with Gasteiger partial charge < -0.3 is 10.1 Å². The maximum absolute atomic E-state index is 14.1. The average molecular weight is 346 g/mol. The Morgan fingerprint density at radius 2 is 1.96 bits per heavy atom. The topological polar surface area (TPSA) is 81.5 Å². The summed E-state index contributed by atoms with van der Waals surface area (Å²) in [5.74, 6) is -0.923. The van der Waals surface area contributed by atoms with E-state index in [-0.39, 0.29) is 23.4 Å². The van der Waals surface area contributed by atoms with Crippen LogP contribution in [0.15, 0.2) is 42.5 Å². The Balaban J connectivity index is 2.23. The van der Waals surface area contributed by atoms with Gasteiger partial charge in [0.15, 0.2) is 0 Å². The van der Waals surface area contributed by atoms with Crippen LogP contribution in [0.2, 0.25) is 0 Å². The van der Waals surface area contributed by atoms with Gasteiger partial charge in [-0.1, -0.05) is 24.3 Å². The highest BCUT2D eigenvalue weighted by Gasteiger charge is 2.30. The van der Waals surface area contributed by atoms with Crippen molar-refractivity contribution >= 4 is 11.6 Å². The maximum atomic E-state index is 14.1. The first-order chi connectivity index (χ1) is 11.8. The molecule has 0 aliphatic carbocycles. The second-order valence-corrected chi connectivity index (χ2v) is 5.80. The second-order valence-electron chi connectivity index (χ2n) is 5.80. The van der Waals surface area contributed by atoms with Gasteiger partial charge in [-0.25, -0.2) is 4.39 Å². The number of nitrogens with zero attached hydrogens (tertiary/aromatic N) is 1. The molecule has 0 saturated carbocycles. The predicted octanol–water partition coefficient (Wildman–Crippen LogP) is 3.33. The van der Waals surface area contributed by atoms with Gasteiger partial charge in [0.25, 0.3) is 11.6 Å². The third-order valence-electron chi connectivity index (χ3n) is 4.23. The van der Waals surface area contributed by atoms with Gasteiger partial charge in [0, 0.05) is 29.9 Å². The van der Waals surface area contributed by atoms with Gasteiger partial charge in [-0.3, -0.25) is 14.9 Å². The number of ether oxygens (including phenoxy) is 1. The van der Waals surface area contributed by atoms with Crippen molar-refractivity contribution in [3.63, 3.8) is 0 Å². The zero-order chi connectivity index (χ0) is 18.6. The number of hydrogen-bond acceptors (Lipinski definition) is 4. The SMILES string of the molecule is COC(C)(CNC(=O)c1cccc([N+](=O)[O-])c1C)c1ccccc1F. The molecule has 0 bridgehead atoms. The fourth-order valence-electron chi connectivity index (χ4n) is 2.58. The van der Waals surface area contributed by atoms with Crippen LogP contribution in [0.25, 0.3) is 0 Å². The van der Waals surface area contributed by atoms with E-state index in [1.807, 2.05) is 0 Å². The Bertz CT molecular complexity index is 809. The van der Waals surface area contributed by atoms with E-state index in [1.165, 1.54) is 38.3 Å². The molecule has 1 unspecified atom stereocenters. The van der Waals surface area contributed by atoms with Crippen LogP contribution in [-0.4, -0.2) is 24.5 Å². The molecule has 1 atom stereocenters. The van der Waals surface area contributed by atoms with Gasteiger partial charge in [-0.15, -0.1) is 0 Å². The summed E-state index contributed by atoms with van der Waals surface area (Å²) >= 11 is 0. The van der Waals surface area contributed by atoms with Crippen LogP contribution in [0.4, 0.5) is 10.1 Å². The zero-order valence-electron chi connectivity index (χ0n) is 14.2. The average Bonchev–Trinajstić information content (AvgIpc) is 2.59. The third-order valence-corrected chi connectivity index (χ3v) is 4.23. The van der Waals surface area contributed by atoms with Crippen molar-refractivity contribution < 1.29 is 18.8 Å². The number of nitro benzene ring substituents is 1. The molecule has 0 spiro atoms. The standard InChI is InChI=1S/C18H19FN2O4/c1-12-13(7-6-10-16(12)21(23)24)17(22)20-11-18(2,25-3)14-8-4-5-9-15(14)19/h4-10H,11H2,1-3H3,(H,20,22). The first-order valence-corrected chi connectivity index (χ1v) is 7.62. The van der Waals surface area contributed by atoms with E-state index < -0.39 is 22.2 Å². The number of amides is 1. The quantitative estimate of drug-likeness (QED) is 0.642. The molecule has 2 rings (SSSR count). The minimum atomic E-state index is -1.07. The summed E-state index contributed by atoms with van der Waals surface area (Å²) in [6.45, 7) is 3.18. The van der Waals surface area contributed by atoms with Gasteiger partial charge in [0.1, 0.15) is 11.4 Å². The van der Waals surface area contributed by atoms with Gasteiger partial charge >= 0.3 is 0 Å². The van der Waals surface area contributed by atoms with E-state index in [4.69, 9.17) is 4.74 Å². The molecule has 0 radical (unpaired) electrons. The first kappa shape index (κ1) is 18.5. The number of hydrogen-bond donors (Lipinski definition) is 1. The Labute approximate surface area is 144 Å². The lowest BCUT2D eigenvalue weighted by molar-refractivity contribution is -0.385. The lowest BCUT2D eigenvalue weighted by Crippen LogP contribution is -2.40. The van der Waals surface area contributed by atoms with Crippen molar-refractivity contribution in [3.8, 4) is 0 Å². The van der Waals surface area contributed by atoms with Crippen LogP contribution < -0.4 is 5.32 Å². The van der Waals surface area contributed by atoms with Crippen molar-refractivity contribution in [2.24, 2.45) is 0 Å². The van der Waals surface area contributed by atoms with E-state index in [0.29, 0.717) is 5.56 Å². The molecule has 0 aromatic heterocycles. The van der Waals surface area contributed by atoms with Crippen molar-refractivity contribution in [1.29, 1.82) is 0 Å². The largest absolute Gasteiger partial charge is 0.372 e. The predicted molar refractivity (Wildman–Crippen MR) is 90.9 cm³/mol. The molecule has 25 heavy (non-hydrogen) atoms. The van der Waals surface area contributed by atoms with Gasteiger partial charge in [0.05, 0.1) is 11.5 Å². The molecule has 1 N–H and O–H groups in total. The second kappa shape index (κ2) is 7.40. The molecular formula is C18H19FN2O4. The molecule has 0 saturated heterocycles. The van der Waals surface area contributed by atoms with E-state index in [0.717, 1.165) is 0 Å². The van der Waals surface area contributed by atoms with Crippen molar-refractivity contribution in [1.82, 2.24) is 5.32 Å². The summed E-state index contributed by atoms with van der Waals surface area (Å²) in [7, 11) is 1.43. The normalized spacial score (nSPS) is 13.1. The highest BCUT2D eigenvalue weighted by molar-refractivity contribution is 5.96. The van der Waals surface area contributed by atoms with E-state index >= 15 is 0 Å². The smallest absolute Gasteiger partial charge is 0.273 e. The van der Waals surface area contributed by atoms with Crippen LogP contribution >= 0.6 is 0 Å². The molecule has 0 aliphatic heterocycles. The van der Waals surface area contributed by atoms with E-state index in [9.17, 15) is 19.3 Å². The molecule has 7 heteroatoms. The van der Waals surface area contributed by atoms with Crippen LogP contribution in [0, 0.1) is 22.9 Å². The summed E-state index contributed by atoms with van der Waals surface area (Å²) < 4.78 is 19.5. The number of carbonyl (C=O) groups excluding carboxylic acids is 1. The fourth-order valence-corrected chi connectivity index (χ4v) is 2.58. The van der Waals surface area contributed by atoms with Gasteiger partial charge in [0.2, 0.25) is 0 Å². The van der Waals surface area contributed by atoms with Gasteiger partial charge in [-0.2, -0.15) is 0 Å². The molecular weight excluding hydrogens is 327 g/mol. The highest BCUT2D eigenvalue weighted by Crippen LogP contribution is 2.27. The van der Waals surface area contributed by atoms with Crippen molar-refractivity contribution in [2.75, 3.05) is 13.7 Å². The van der Waals surface area contributed by atoms with Crippen LogP contribution in [0.1, 0.15) is 28.4 Å². The highest BCUT2D eigenvalue weighted by atomic mass is 19.1. The fraction of sp³-hybridized carbons (Fsp3) is 0.278. The Morgan fingerprint density at radius 3 is 2.56 bits per heavy atom. The monoisotopic (exact) mass is 346 g/mol. The van der Waals surface area contributed by atoms with Crippen LogP contribution in [0.3, 0.4) is 0 Å². The van der Waals surface area contributed by atoms with Crippen molar-refractivity contribution in [2.45, 2.75) is 19.4 Å². The van der Waals surface area contributed by atoms with Crippen molar-refractivity contribution in [3.05, 3.63) is 75.1 Å². The van der Waals surface area contributed by atoms with Gasteiger partial charge in [-0.05, 0) is 26.0 Å². The number of nitrogens with one attached hydrogen (secondary N) is 1. The molecule has 2 aromatic carbocycles. The number of methoxy groups -OCH3 is 1. The molecule has 0 fully saturated rings. The summed E-state index contributed by atoms with van der Waals surface area (Å²) in [6, 6.07) is 10.5. The zero-order valence-corrected chi connectivity index (χ0v) is 14.2. The third kappa shape index (κ3) is 3.83. The van der Waals surface area contributed by atoms with E-state index in [2.05, 4.69) is 5.32 Å². The molecule has 1 amide bonds. The lowest BCUT2D eigenvalue weighted by atomic mass is 9.94. The number of carbonyl (C=O) groups is 1. The number of halogens is 1. The molecule has 6 nitrogen and oxygen atoms in total. The maximum Gasteiger partial charge on any atom is 0.273 e. The molecule has 0 heterocycles. The summed E-state index contributed by atoms with van der Waals surface area (Å²) in [5.41, 5.74) is -0.420. The lowest BCUT2D eigenvalue weighted by Gasteiger charge is -2.29. The number of nitro groups is 1. The first-order valence-electron chi connectivity index (χ1n) is 7.62. The minimum absolute atomic E-state index is 0.00536. The molecule has 2 aromatic rings. The number of rotatable bonds is 6. The summed E-state index contributed by atoms with van der Waals surface area (Å²) in [4.78, 5) is 22.9. The minimum Gasteiger partial charge on any atom is -0.372 e. The summed E-state index contributed by atoms with van der Waals surface area (Å²) in [6.07, 6.45) is 0. The molecule has 0 aliphatic rings. The summed E-state index contributed by atoms with van der Waals surface area (Å²) in [5, 5.41) is 13.7. The Morgan fingerprint density at radius 1 is 1.28 bits per heavy atom. The van der Waals surface area contributed by atoms with E-state index in [1.54, 1.807) is 25.1 Å². The van der Waals surface area contributed by atoms with Crippen LogP contribution in [0.5, 0.6) is 0 Å². The Kier molecular flexibility index (Phi) is 5.48. The van der Waals surface area contributed by atoms with Crippen LogP contribution in [-0.2, 0) is 10.3 Å². The number of benzene rings is 2.